The molecule has 0 N–H and O–H groups in total. The number of carbonyl (C=O) groups excluding carboxylic acids is 1. The van der Waals surface area contributed by atoms with E-state index in [2.05, 4.69) is 28.1 Å². The van der Waals surface area contributed by atoms with Gasteiger partial charge in [-0.15, -0.1) is 0 Å². The number of rotatable bonds is 5. The Balaban J connectivity index is 1.62. The monoisotopic (exact) mass is 414 g/mol. The number of esters is 1. The summed E-state index contributed by atoms with van der Waals surface area (Å²) in [6.45, 7) is 0. The molecule has 1 aliphatic carbocycles. The normalized spacial score (nSPS) is 15.2. The third-order valence-electron chi connectivity index (χ3n) is 4.77. The van der Waals surface area contributed by atoms with Gasteiger partial charge in [0.1, 0.15) is 11.5 Å². The minimum absolute atomic E-state index is 0.405. The van der Waals surface area contributed by atoms with E-state index in [1.165, 1.54) is 43.7 Å². The average Bonchev–Trinajstić information content (AvgIpc) is 2.68. The molecule has 3 rings (SSSR count). The van der Waals surface area contributed by atoms with Gasteiger partial charge in [-0.2, -0.15) is 0 Å². The number of halogens is 1. The van der Waals surface area contributed by atoms with E-state index < -0.39 is 5.97 Å². The van der Waals surface area contributed by atoms with Crippen molar-refractivity contribution in [1.82, 2.24) is 0 Å². The first-order valence-electron chi connectivity index (χ1n) is 8.99. The van der Waals surface area contributed by atoms with Crippen molar-refractivity contribution in [2.75, 3.05) is 7.11 Å². The number of benzene rings is 2. The van der Waals surface area contributed by atoms with Crippen LogP contribution in [0.5, 0.6) is 11.5 Å². The smallest absolute Gasteiger partial charge is 0.336 e. The molecule has 2 aromatic carbocycles. The zero-order chi connectivity index (χ0) is 18.4. The molecule has 136 valence electrons. The second-order valence-corrected chi connectivity index (χ2v) is 7.46. The van der Waals surface area contributed by atoms with Gasteiger partial charge in [0.15, 0.2) is 0 Å². The van der Waals surface area contributed by atoms with Gasteiger partial charge in [0.2, 0.25) is 0 Å². The molecule has 0 aromatic heterocycles. The summed E-state index contributed by atoms with van der Waals surface area (Å²) < 4.78 is 11.6. The number of carbonyl (C=O) groups is 1. The number of methoxy groups -OCH3 is 1. The number of hydrogen-bond donors (Lipinski definition) is 0. The van der Waals surface area contributed by atoms with Crippen molar-refractivity contribution in [1.29, 1.82) is 0 Å². The maximum Gasteiger partial charge on any atom is 0.336 e. The highest BCUT2D eigenvalue weighted by Gasteiger charge is 2.15. The van der Waals surface area contributed by atoms with Gasteiger partial charge >= 0.3 is 5.97 Å². The molecule has 3 nitrogen and oxygen atoms in total. The first-order chi connectivity index (χ1) is 12.7. The van der Waals surface area contributed by atoms with Crippen molar-refractivity contribution in [2.45, 2.75) is 38.0 Å². The molecule has 0 saturated heterocycles. The molecular weight excluding hydrogens is 392 g/mol. The lowest BCUT2D eigenvalue weighted by Gasteiger charge is -2.21. The van der Waals surface area contributed by atoms with Crippen molar-refractivity contribution in [3.8, 4) is 11.5 Å². The van der Waals surface area contributed by atoms with Gasteiger partial charge in [-0.25, -0.2) is 4.79 Å². The highest BCUT2D eigenvalue weighted by molar-refractivity contribution is 9.10. The van der Waals surface area contributed by atoms with Crippen molar-refractivity contribution in [3.63, 3.8) is 0 Å². The largest absolute Gasteiger partial charge is 0.496 e. The molecule has 26 heavy (non-hydrogen) atoms. The van der Waals surface area contributed by atoms with E-state index in [-0.39, 0.29) is 0 Å². The first kappa shape index (κ1) is 18.7. The van der Waals surface area contributed by atoms with Crippen LogP contribution in [0.15, 0.2) is 53.0 Å². The Hall–Kier alpha value is -2.07. The van der Waals surface area contributed by atoms with Crippen molar-refractivity contribution < 1.29 is 14.3 Å². The molecule has 1 fully saturated rings. The van der Waals surface area contributed by atoms with E-state index >= 15 is 0 Å². The highest BCUT2D eigenvalue weighted by atomic mass is 79.9. The van der Waals surface area contributed by atoms with Crippen LogP contribution in [-0.4, -0.2) is 13.1 Å². The average molecular weight is 415 g/mol. The van der Waals surface area contributed by atoms with Crippen LogP contribution >= 0.6 is 15.9 Å². The summed E-state index contributed by atoms with van der Waals surface area (Å²) in [5.41, 5.74) is 2.16. The molecule has 0 radical (unpaired) electrons. The Kier molecular flexibility index (Phi) is 6.51. The standard InChI is InChI=1S/C22H23BrO3/c1-25-21-13-10-19(23)15-18(21)9-14-22(24)26-20-11-7-17(8-12-20)16-5-3-2-4-6-16/h7-16H,2-6H2,1H3. The summed E-state index contributed by atoms with van der Waals surface area (Å²) >= 11 is 3.42. The van der Waals surface area contributed by atoms with E-state index in [9.17, 15) is 4.79 Å². The lowest BCUT2D eigenvalue weighted by molar-refractivity contribution is -0.128. The summed E-state index contributed by atoms with van der Waals surface area (Å²) in [4.78, 5) is 12.1. The summed E-state index contributed by atoms with van der Waals surface area (Å²) in [5.74, 6) is 1.52. The molecule has 0 heterocycles. The Bertz CT molecular complexity index is 774. The number of hydrogen-bond acceptors (Lipinski definition) is 3. The van der Waals surface area contributed by atoms with Crippen LogP contribution in [-0.2, 0) is 4.79 Å². The molecule has 4 heteroatoms. The van der Waals surface area contributed by atoms with Crippen LogP contribution in [0.4, 0.5) is 0 Å². The maximum absolute atomic E-state index is 12.1. The van der Waals surface area contributed by atoms with Gasteiger partial charge in [-0.05, 0) is 60.7 Å². The topological polar surface area (TPSA) is 35.5 Å². The van der Waals surface area contributed by atoms with Gasteiger partial charge in [0, 0.05) is 16.1 Å². The fourth-order valence-electron chi connectivity index (χ4n) is 3.39. The fourth-order valence-corrected chi connectivity index (χ4v) is 3.77. The molecular formula is C22H23BrO3. The lowest BCUT2D eigenvalue weighted by Crippen LogP contribution is -2.06. The predicted molar refractivity (Wildman–Crippen MR) is 108 cm³/mol. The third-order valence-corrected chi connectivity index (χ3v) is 5.26. The SMILES string of the molecule is COc1ccc(Br)cc1C=CC(=O)Oc1ccc(C2CCCCC2)cc1. The molecule has 2 aromatic rings. The highest BCUT2D eigenvalue weighted by Crippen LogP contribution is 2.33. The van der Waals surface area contributed by atoms with Crippen molar-refractivity contribution in [2.24, 2.45) is 0 Å². The lowest BCUT2D eigenvalue weighted by atomic mass is 9.84. The van der Waals surface area contributed by atoms with Crippen molar-refractivity contribution in [3.05, 3.63) is 64.1 Å². The van der Waals surface area contributed by atoms with Crippen LogP contribution in [0.25, 0.3) is 6.08 Å². The number of ether oxygens (including phenoxy) is 2. The molecule has 0 spiro atoms. The van der Waals surface area contributed by atoms with E-state index in [0.29, 0.717) is 17.4 Å². The van der Waals surface area contributed by atoms with E-state index in [1.54, 1.807) is 13.2 Å². The Morgan fingerprint density at radius 1 is 1.08 bits per heavy atom. The van der Waals surface area contributed by atoms with E-state index in [1.807, 2.05) is 30.3 Å². The van der Waals surface area contributed by atoms with Crippen LogP contribution in [0.2, 0.25) is 0 Å². The minimum atomic E-state index is -0.405. The van der Waals surface area contributed by atoms with Crippen LogP contribution in [0.1, 0.15) is 49.1 Å². The summed E-state index contributed by atoms with van der Waals surface area (Å²) in [7, 11) is 1.60. The summed E-state index contributed by atoms with van der Waals surface area (Å²) in [6.07, 6.45) is 9.60. The molecule has 0 unspecified atom stereocenters. The van der Waals surface area contributed by atoms with Crippen LogP contribution in [0.3, 0.4) is 0 Å². The molecule has 0 amide bonds. The zero-order valence-corrected chi connectivity index (χ0v) is 16.5. The molecule has 1 saturated carbocycles. The molecule has 0 atom stereocenters. The van der Waals surface area contributed by atoms with E-state index in [4.69, 9.17) is 9.47 Å². The van der Waals surface area contributed by atoms with Gasteiger partial charge in [0.05, 0.1) is 7.11 Å². The third kappa shape index (κ3) is 4.98. The molecule has 1 aliphatic rings. The predicted octanol–water partition coefficient (Wildman–Crippen LogP) is 6.12. The van der Waals surface area contributed by atoms with Gasteiger partial charge in [-0.1, -0.05) is 47.3 Å². The van der Waals surface area contributed by atoms with Crippen molar-refractivity contribution >= 4 is 28.0 Å². The maximum atomic E-state index is 12.1. The Morgan fingerprint density at radius 3 is 2.50 bits per heavy atom. The summed E-state index contributed by atoms with van der Waals surface area (Å²) in [6, 6.07) is 13.6. The minimum Gasteiger partial charge on any atom is -0.496 e. The second kappa shape index (κ2) is 9.04. The molecule has 0 bridgehead atoms. The van der Waals surface area contributed by atoms with Crippen LogP contribution < -0.4 is 9.47 Å². The van der Waals surface area contributed by atoms with Crippen LogP contribution in [0, 0.1) is 0 Å². The first-order valence-corrected chi connectivity index (χ1v) is 9.78. The quantitative estimate of drug-likeness (QED) is 0.335. The zero-order valence-electron chi connectivity index (χ0n) is 14.9. The fraction of sp³-hybridized carbons (Fsp3) is 0.318. The second-order valence-electron chi connectivity index (χ2n) is 6.54. The Morgan fingerprint density at radius 2 is 1.81 bits per heavy atom. The van der Waals surface area contributed by atoms with E-state index in [0.717, 1.165) is 10.0 Å². The molecule has 0 aliphatic heterocycles. The van der Waals surface area contributed by atoms with Gasteiger partial charge in [-0.3, -0.25) is 0 Å². The Labute approximate surface area is 163 Å². The van der Waals surface area contributed by atoms with Gasteiger partial charge < -0.3 is 9.47 Å². The summed E-state index contributed by atoms with van der Waals surface area (Å²) in [5, 5.41) is 0. The van der Waals surface area contributed by atoms with Gasteiger partial charge in [0.25, 0.3) is 0 Å².